The molecule has 104 valence electrons. The number of carbonyl (C=O) groups excluding carboxylic acids is 1. The van der Waals surface area contributed by atoms with Crippen molar-refractivity contribution < 1.29 is 13.2 Å². The second-order valence-electron chi connectivity index (χ2n) is 5.41. The molecule has 1 heterocycles. The Morgan fingerprint density at radius 1 is 1.40 bits per heavy atom. The van der Waals surface area contributed by atoms with Crippen LogP contribution in [0, 0.1) is 16.7 Å². The molecule has 0 spiro atoms. The number of rotatable bonds is 3. The molecule has 1 aromatic carbocycles. The summed E-state index contributed by atoms with van der Waals surface area (Å²) >= 11 is 0. The Kier molecular flexibility index (Phi) is 2.56. The van der Waals surface area contributed by atoms with Gasteiger partial charge in [0.1, 0.15) is 4.90 Å². The van der Waals surface area contributed by atoms with Crippen molar-refractivity contribution in [2.75, 3.05) is 12.3 Å². The summed E-state index contributed by atoms with van der Waals surface area (Å²) in [6.07, 6.45) is 1.82. The van der Waals surface area contributed by atoms with Crippen molar-refractivity contribution >= 4 is 21.6 Å². The summed E-state index contributed by atoms with van der Waals surface area (Å²) in [5, 5.41) is 8.80. The van der Waals surface area contributed by atoms with E-state index in [0.29, 0.717) is 5.69 Å². The van der Waals surface area contributed by atoms with Crippen molar-refractivity contribution in [2.24, 2.45) is 5.41 Å². The molecule has 7 heteroatoms. The van der Waals surface area contributed by atoms with Gasteiger partial charge in [0.05, 0.1) is 11.6 Å². The molecule has 1 fully saturated rings. The van der Waals surface area contributed by atoms with E-state index in [1.54, 1.807) is 0 Å². The number of anilines is 1. The third-order valence-electron chi connectivity index (χ3n) is 3.92. The molecule has 0 saturated heterocycles. The van der Waals surface area contributed by atoms with Crippen LogP contribution in [0.15, 0.2) is 23.1 Å². The Morgan fingerprint density at radius 2 is 2.10 bits per heavy atom. The maximum Gasteiger partial charge on any atom is 0.269 e. The zero-order valence-electron chi connectivity index (χ0n) is 10.7. The summed E-state index contributed by atoms with van der Waals surface area (Å²) < 4.78 is 25.7. The fourth-order valence-corrected chi connectivity index (χ4v) is 4.16. The number of sulfonamides is 1. The van der Waals surface area contributed by atoms with E-state index in [-0.39, 0.29) is 28.8 Å². The topological polar surface area (TPSA) is 104 Å². The van der Waals surface area contributed by atoms with Gasteiger partial charge in [-0.15, -0.1) is 0 Å². The highest BCUT2D eigenvalue weighted by atomic mass is 32.2. The van der Waals surface area contributed by atoms with Crippen molar-refractivity contribution in [3.8, 4) is 6.07 Å². The lowest BCUT2D eigenvalue weighted by molar-refractivity contribution is 0.0852. The van der Waals surface area contributed by atoms with E-state index in [1.165, 1.54) is 18.2 Å². The predicted molar refractivity (Wildman–Crippen MR) is 71.0 cm³/mol. The van der Waals surface area contributed by atoms with Gasteiger partial charge in [-0.05, 0) is 31.0 Å². The first-order valence-electron chi connectivity index (χ1n) is 6.23. The highest BCUT2D eigenvalue weighted by molar-refractivity contribution is 7.90. The van der Waals surface area contributed by atoms with Gasteiger partial charge >= 0.3 is 0 Å². The number of benzene rings is 1. The molecule has 0 atom stereocenters. The maximum atomic E-state index is 12.4. The Balaban J connectivity index is 2.00. The molecule has 1 aromatic rings. The van der Waals surface area contributed by atoms with E-state index in [1.807, 2.05) is 0 Å². The van der Waals surface area contributed by atoms with Crippen LogP contribution in [-0.4, -0.2) is 25.2 Å². The van der Waals surface area contributed by atoms with E-state index in [9.17, 15) is 13.2 Å². The van der Waals surface area contributed by atoms with Crippen LogP contribution in [0.2, 0.25) is 0 Å². The zero-order chi connectivity index (χ0) is 14.5. The molecular formula is C13H13N3O3S. The lowest BCUT2D eigenvalue weighted by Gasteiger charge is -2.20. The lowest BCUT2D eigenvalue weighted by Crippen LogP contribution is -2.35. The van der Waals surface area contributed by atoms with Crippen molar-refractivity contribution in [3.05, 3.63) is 23.8 Å². The minimum absolute atomic E-state index is 0.00413. The van der Waals surface area contributed by atoms with Gasteiger partial charge in [0, 0.05) is 24.1 Å². The van der Waals surface area contributed by atoms with Gasteiger partial charge in [0.2, 0.25) is 0 Å². The van der Waals surface area contributed by atoms with Gasteiger partial charge in [-0.2, -0.15) is 5.26 Å². The summed E-state index contributed by atoms with van der Waals surface area (Å²) in [5.41, 5.74) is 5.73. The highest BCUT2D eigenvalue weighted by Crippen LogP contribution is 2.50. The molecule has 1 amide bonds. The molecule has 0 aromatic heterocycles. The van der Waals surface area contributed by atoms with Crippen LogP contribution in [0.4, 0.5) is 5.69 Å². The normalized spacial score (nSPS) is 21.4. The minimum Gasteiger partial charge on any atom is -0.399 e. The number of amides is 1. The number of fused-ring (bicyclic) bond motifs is 1. The molecule has 2 aliphatic rings. The number of nitrogen functional groups attached to an aromatic ring is 1. The fraction of sp³-hybridized carbons (Fsp3) is 0.385. The summed E-state index contributed by atoms with van der Waals surface area (Å²) in [4.78, 5) is 12.3. The quantitative estimate of drug-likeness (QED) is 0.840. The third-order valence-corrected chi connectivity index (χ3v) is 5.71. The first kappa shape index (κ1) is 12.9. The molecule has 3 rings (SSSR count). The molecule has 0 bridgehead atoms. The Hall–Kier alpha value is -2.07. The molecule has 1 aliphatic heterocycles. The average molecular weight is 291 g/mol. The SMILES string of the molecule is N#CCC1(CN2C(=O)c3cc(N)ccc3S2(=O)=O)CC1. The van der Waals surface area contributed by atoms with E-state index in [0.717, 1.165) is 17.1 Å². The minimum atomic E-state index is -3.81. The molecular weight excluding hydrogens is 278 g/mol. The third kappa shape index (κ3) is 1.76. The van der Waals surface area contributed by atoms with Crippen molar-refractivity contribution in [1.82, 2.24) is 4.31 Å². The van der Waals surface area contributed by atoms with Crippen LogP contribution in [0.1, 0.15) is 29.6 Å². The Labute approximate surface area is 116 Å². The van der Waals surface area contributed by atoms with Crippen LogP contribution >= 0.6 is 0 Å². The van der Waals surface area contributed by atoms with Crippen LogP contribution in [-0.2, 0) is 10.0 Å². The van der Waals surface area contributed by atoms with Gasteiger partial charge in [-0.25, -0.2) is 12.7 Å². The fourth-order valence-electron chi connectivity index (χ4n) is 2.50. The summed E-state index contributed by atoms with van der Waals surface area (Å²) in [7, 11) is -3.81. The second kappa shape index (κ2) is 3.96. The zero-order valence-corrected chi connectivity index (χ0v) is 11.5. The summed E-state index contributed by atoms with van der Waals surface area (Å²) in [6.45, 7) is 0.0797. The maximum absolute atomic E-state index is 12.4. The summed E-state index contributed by atoms with van der Waals surface area (Å²) in [6, 6.07) is 6.28. The molecule has 6 nitrogen and oxygen atoms in total. The van der Waals surface area contributed by atoms with Gasteiger partial charge in [0.25, 0.3) is 15.9 Å². The number of nitrogens with two attached hydrogens (primary N) is 1. The largest absolute Gasteiger partial charge is 0.399 e. The molecule has 0 unspecified atom stereocenters. The van der Waals surface area contributed by atoms with Crippen molar-refractivity contribution in [1.29, 1.82) is 5.26 Å². The number of carbonyl (C=O) groups is 1. The van der Waals surface area contributed by atoms with Crippen LogP contribution in [0.3, 0.4) is 0 Å². The van der Waals surface area contributed by atoms with Crippen LogP contribution in [0.25, 0.3) is 0 Å². The Bertz CT molecular complexity index is 745. The molecule has 20 heavy (non-hydrogen) atoms. The van der Waals surface area contributed by atoms with Crippen molar-refractivity contribution in [2.45, 2.75) is 24.2 Å². The Morgan fingerprint density at radius 3 is 2.70 bits per heavy atom. The van der Waals surface area contributed by atoms with Gasteiger partial charge in [0.15, 0.2) is 0 Å². The molecule has 1 aliphatic carbocycles. The smallest absolute Gasteiger partial charge is 0.269 e. The van der Waals surface area contributed by atoms with Crippen molar-refractivity contribution in [3.63, 3.8) is 0 Å². The van der Waals surface area contributed by atoms with Gasteiger partial charge in [-0.1, -0.05) is 0 Å². The number of nitriles is 1. The number of nitrogens with zero attached hydrogens (tertiary/aromatic N) is 2. The average Bonchev–Trinajstić information content (AvgIpc) is 3.11. The first-order chi connectivity index (χ1) is 9.39. The summed E-state index contributed by atoms with van der Waals surface area (Å²) in [5.74, 6) is -0.545. The van der Waals surface area contributed by atoms with Gasteiger partial charge in [-0.3, -0.25) is 4.79 Å². The molecule has 2 N–H and O–H groups in total. The first-order valence-corrected chi connectivity index (χ1v) is 7.67. The molecule has 0 radical (unpaired) electrons. The second-order valence-corrected chi connectivity index (χ2v) is 7.24. The van der Waals surface area contributed by atoms with E-state index >= 15 is 0 Å². The van der Waals surface area contributed by atoms with E-state index < -0.39 is 15.9 Å². The lowest BCUT2D eigenvalue weighted by atomic mass is 10.0. The monoisotopic (exact) mass is 291 g/mol. The van der Waals surface area contributed by atoms with Crippen LogP contribution < -0.4 is 5.73 Å². The van der Waals surface area contributed by atoms with E-state index in [2.05, 4.69) is 6.07 Å². The molecule has 1 saturated carbocycles. The van der Waals surface area contributed by atoms with E-state index in [4.69, 9.17) is 11.0 Å². The predicted octanol–water partition coefficient (Wildman–Crippen LogP) is 1.11. The van der Waals surface area contributed by atoms with Crippen LogP contribution in [0.5, 0.6) is 0 Å². The van der Waals surface area contributed by atoms with Gasteiger partial charge < -0.3 is 5.73 Å². The standard InChI is InChI=1S/C13H13N3O3S/c14-6-5-13(3-4-13)8-16-12(17)10-7-9(15)1-2-11(10)20(16,18)19/h1-2,7H,3-5,8,15H2. The highest BCUT2D eigenvalue weighted by Gasteiger charge is 2.50. The number of hydrogen-bond donors (Lipinski definition) is 1. The number of hydrogen-bond acceptors (Lipinski definition) is 5.